The Bertz CT molecular complexity index is 734. The van der Waals surface area contributed by atoms with E-state index in [0.29, 0.717) is 12.2 Å². The van der Waals surface area contributed by atoms with E-state index in [2.05, 4.69) is 44.3 Å². The van der Waals surface area contributed by atoms with Crippen LogP contribution < -0.4 is 11.1 Å². The molecule has 0 saturated carbocycles. The third-order valence-corrected chi connectivity index (χ3v) is 9.85. The Balaban J connectivity index is 3.08. The molecular weight excluding hydrogens is 398 g/mol. The van der Waals surface area contributed by atoms with Crippen LogP contribution in [0.2, 0.25) is 18.1 Å². The number of hydrogen-bond acceptors (Lipinski definition) is 6. The van der Waals surface area contributed by atoms with Crippen molar-refractivity contribution in [1.82, 2.24) is 5.32 Å². The maximum atomic E-state index is 12.5. The molecule has 170 valence electrons. The Morgan fingerprint density at radius 2 is 1.70 bits per heavy atom. The van der Waals surface area contributed by atoms with Gasteiger partial charge in [0.15, 0.2) is 14.2 Å². The molecule has 0 amide bonds. The maximum Gasteiger partial charge on any atom is 0.323 e. The fourth-order valence-electron chi connectivity index (χ4n) is 2.45. The van der Waals surface area contributed by atoms with E-state index in [9.17, 15) is 4.79 Å². The number of oxime groups is 1. The average Bonchev–Trinajstić information content (AvgIpc) is 2.62. The number of hydrogen-bond donors (Lipinski definition) is 3. The van der Waals surface area contributed by atoms with Crippen molar-refractivity contribution in [3.63, 3.8) is 0 Å². The van der Waals surface area contributed by atoms with E-state index in [0.717, 1.165) is 5.56 Å². The molecule has 8 heteroatoms. The first-order valence-corrected chi connectivity index (χ1v) is 13.2. The van der Waals surface area contributed by atoms with Gasteiger partial charge < -0.3 is 20.1 Å². The van der Waals surface area contributed by atoms with E-state index >= 15 is 0 Å². The van der Waals surface area contributed by atoms with Crippen LogP contribution in [0.3, 0.4) is 0 Å². The predicted octanol–water partition coefficient (Wildman–Crippen LogP) is 4.16. The van der Waals surface area contributed by atoms with Crippen molar-refractivity contribution in [1.29, 1.82) is 0 Å². The quantitative estimate of drug-likeness (QED) is 0.141. The molecule has 0 radical (unpaired) electrons. The lowest BCUT2D eigenvalue weighted by Crippen LogP contribution is -2.46. The van der Waals surface area contributed by atoms with Gasteiger partial charge in [0, 0.05) is 5.56 Å². The van der Waals surface area contributed by atoms with E-state index in [1.807, 2.05) is 32.9 Å². The molecule has 30 heavy (non-hydrogen) atoms. The first-order chi connectivity index (χ1) is 13.6. The lowest BCUT2D eigenvalue weighted by atomic mass is 10.0. The number of rotatable bonds is 8. The van der Waals surface area contributed by atoms with E-state index in [1.54, 1.807) is 19.1 Å². The number of esters is 1. The van der Waals surface area contributed by atoms with Crippen LogP contribution in [0.5, 0.6) is 0 Å². The number of nitrogens with two attached hydrogens (primary N) is 1. The second kappa shape index (κ2) is 9.94. The van der Waals surface area contributed by atoms with E-state index in [-0.39, 0.29) is 22.9 Å². The number of ether oxygens (including phenoxy) is 1. The zero-order valence-corrected chi connectivity index (χ0v) is 20.9. The summed E-state index contributed by atoms with van der Waals surface area (Å²) in [7, 11) is -1.98. The molecule has 0 heterocycles. The largest absolute Gasteiger partial charge is 0.459 e. The van der Waals surface area contributed by atoms with Gasteiger partial charge in [-0.25, -0.2) is 0 Å². The van der Waals surface area contributed by atoms with Crippen LogP contribution in [0.15, 0.2) is 29.4 Å². The Morgan fingerprint density at radius 3 is 2.13 bits per heavy atom. The summed E-state index contributed by atoms with van der Waals surface area (Å²) in [6.07, 6.45) is 0. The maximum absolute atomic E-state index is 12.5. The summed E-state index contributed by atoms with van der Waals surface area (Å²) < 4.78 is 11.9. The van der Waals surface area contributed by atoms with Gasteiger partial charge in [-0.15, -0.1) is 0 Å². The summed E-state index contributed by atoms with van der Waals surface area (Å²) in [6, 6.07) is 6.61. The Hall–Kier alpha value is -1.90. The molecule has 0 aliphatic rings. The average molecular weight is 438 g/mol. The molecule has 7 nitrogen and oxygen atoms in total. The molecule has 0 aliphatic heterocycles. The van der Waals surface area contributed by atoms with Gasteiger partial charge >= 0.3 is 5.97 Å². The predicted molar refractivity (Wildman–Crippen MR) is 123 cm³/mol. The highest BCUT2D eigenvalue weighted by atomic mass is 28.4. The molecule has 1 aromatic rings. The molecule has 2 atom stereocenters. The number of carbonyl (C=O) groups excluding carboxylic acids is 1. The minimum absolute atomic E-state index is 0.0469. The van der Waals surface area contributed by atoms with Crippen molar-refractivity contribution in [2.75, 3.05) is 6.61 Å². The number of carbonyl (C=O) groups is 1. The standard InChI is InChI=1S/C22H39N3O4Si/c1-15(20(26)29-21(2,3)4)24-18(14-28-30(8,9)22(5,6)7)16-10-12-17(13-11-16)19(23)25-27/h10-13,15,18,24,27H,14H2,1-9H3,(H2,23,25). The molecule has 0 fully saturated rings. The molecule has 0 aromatic heterocycles. The summed E-state index contributed by atoms with van der Waals surface area (Å²) in [6.45, 7) is 18.7. The highest BCUT2D eigenvalue weighted by Gasteiger charge is 2.38. The summed E-state index contributed by atoms with van der Waals surface area (Å²) >= 11 is 0. The van der Waals surface area contributed by atoms with Crippen LogP contribution in [-0.4, -0.2) is 43.6 Å². The van der Waals surface area contributed by atoms with Gasteiger partial charge in [0.2, 0.25) is 0 Å². The van der Waals surface area contributed by atoms with Crippen molar-refractivity contribution in [2.24, 2.45) is 10.9 Å². The van der Waals surface area contributed by atoms with E-state index in [1.165, 1.54) is 0 Å². The zero-order chi connectivity index (χ0) is 23.3. The second-order valence-electron chi connectivity index (χ2n) is 10.2. The van der Waals surface area contributed by atoms with Gasteiger partial charge in [0.05, 0.1) is 12.6 Å². The van der Waals surface area contributed by atoms with Crippen LogP contribution >= 0.6 is 0 Å². The van der Waals surface area contributed by atoms with Gasteiger partial charge in [-0.05, 0) is 51.4 Å². The van der Waals surface area contributed by atoms with Gasteiger partial charge in [0.1, 0.15) is 11.6 Å². The van der Waals surface area contributed by atoms with Gasteiger partial charge in [0.25, 0.3) is 0 Å². The first kappa shape index (κ1) is 26.1. The highest BCUT2D eigenvalue weighted by molar-refractivity contribution is 6.74. The molecule has 4 N–H and O–H groups in total. The molecule has 1 rings (SSSR count). The highest BCUT2D eigenvalue weighted by Crippen LogP contribution is 2.37. The van der Waals surface area contributed by atoms with Crippen molar-refractivity contribution >= 4 is 20.1 Å². The second-order valence-corrected chi connectivity index (χ2v) is 15.0. The monoisotopic (exact) mass is 437 g/mol. The van der Waals surface area contributed by atoms with Crippen molar-refractivity contribution in [3.8, 4) is 0 Å². The Labute approximate surface area is 182 Å². The summed E-state index contributed by atoms with van der Waals surface area (Å²) in [5.74, 6) is -0.265. The molecule has 2 unspecified atom stereocenters. The number of nitrogens with one attached hydrogen (secondary N) is 1. The van der Waals surface area contributed by atoms with Crippen LogP contribution in [-0.2, 0) is 14.0 Å². The van der Waals surface area contributed by atoms with Crippen LogP contribution in [0.25, 0.3) is 0 Å². The van der Waals surface area contributed by atoms with Crippen LogP contribution in [0.4, 0.5) is 0 Å². The number of benzene rings is 1. The van der Waals surface area contributed by atoms with E-state index in [4.69, 9.17) is 20.1 Å². The van der Waals surface area contributed by atoms with Gasteiger partial charge in [-0.2, -0.15) is 0 Å². The normalized spacial score (nSPS) is 15.6. The molecular formula is C22H39N3O4Si. The van der Waals surface area contributed by atoms with Gasteiger partial charge in [-0.3, -0.25) is 10.1 Å². The molecule has 0 aliphatic carbocycles. The Morgan fingerprint density at radius 1 is 1.17 bits per heavy atom. The topological polar surface area (TPSA) is 106 Å². The Kier molecular flexibility index (Phi) is 8.65. The fraction of sp³-hybridized carbons (Fsp3) is 0.636. The summed E-state index contributed by atoms with van der Waals surface area (Å²) in [4.78, 5) is 12.5. The molecule has 0 bridgehead atoms. The minimum atomic E-state index is -1.98. The summed E-state index contributed by atoms with van der Waals surface area (Å²) in [5, 5.41) is 15.3. The third kappa shape index (κ3) is 7.74. The number of nitrogens with zero attached hydrogens (tertiary/aromatic N) is 1. The van der Waals surface area contributed by atoms with Gasteiger partial charge in [-0.1, -0.05) is 50.2 Å². The van der Waals surface area contributed by atoms with Crippen molar-refractivity contribution < 1.29 is 19.2 Å². The molecule has 0 saturated heterocycles. The smallest absolute Gasteiger partial charge is 0.323 e. The lowest BCUT2D eigenvalue weighted by Gasteiger charge is -2.38. The third-order valence-electron chi connectivity index (χ3n) is 5.35. The van der Waals surface area contributed by atoms with Crippen LogP contribution in [0, 0.1) is 0 Å². The SMILES string of the molecule is CC(NC(CO[Si](C)(C)C(C)(C)C)c1ccc(C(N)=NO)cc1)C(=O)OC(C)(C)C. The molecule has 0 spiro atoms. The lowest BCUT2D eigenvalue weighted by molar-refractivity contribution is -0.157. The van der Waals surface area contributed by atoms with Crippen LogP contribution in [0.1, 0.15) is 65.6 Å². The fourth-order valence-corrected chi connectivity index (χ4v) is 3.47. The zero-order valence-electron chi connectivity index (χ0n) is 19.9. The summed E-state index contributed by atoms with van der Waals surface area (Å²) in [5.41, 5.74) is 6.67. The van der Waals surface area contributed by atoms with Crippen molar-refractivity contribution in [2.45, 2.75) is 84.3 Å². The minimum Gasteiger partial charge on any atom is -0.459 e. The van der Waals surface area contributed by atoms with Crippen molar-refractivity contribution in [3.05, 3.63) is 35.4 Å². The number of amidine groups is 1. The molecule has 1 aromatic carbocycles. The van der Waals surface area contributed by atoms with E-state index < -0.39 is 20.0 Å². The first-order valence-electron chi connectivity index (χ1n) is 10.3.